The van der Waals surface area contributed by atoms with Crippen LogP contribution >= 0.6 is 0 Å². The number of benzene rings is 1. The third kappa shape index (κ3) is 4.59. The number of pyridine rings is 1. The van der Waals surface area contributed by atoms with Gasteiger partial charge in [0.15, 0.2) is 0 Å². The van der Waals surface area contributed by atoms with E-state index in [1.54, 1.807) is 12.4 Å². The van der Waals surface area contributed by atoms with Crippen LogP contribution in [0.25, 0.3) is 0 Å². The van der Waals surface area contributed by atoms with E-state index in [1.807, 2.05) is 6.07 Å². The second-order valence-electron chi connectivity index (χ2n) is 7.64. The fourth-order valence-corrected chi connectivity index (χ4v) is 4.05. The van der Waals surface area contributed by atoms with Crippen LogP contribution in [0.1, 0.15) is 55.3 Å². The van der Waals surface area contributed by atoms with Gasteiger partial charge in [-0.3, -0.25) is 9.78 Å². The van der Waals surface area contributed by atoms with Crippen LogP contribution in [-0.4, -0.2) is 30.0 Å². The largest absolute Gasteiger partial charge is 0.372 e. The summed E-state index contributed by atoms with van der Waals surface area (Å²) in [5.41, 5.74) is 3.73. The number of aromatic nitrogens is 1. The Hall–Kier alpha value is -2.56. The Bertz CT molecular complexity index is 762. The number of hydrogen-bond donors (Lipinski definition) is 2. The van der Waals surface area contributed by atoms with Gasteiger partial charge in [-0.15, -0.1) is 0 Å². The van der Waals surface area contributed by atoms with Gasteiger partial charge < -0.3 is 15.5 Å². The minimum Gasteiger partial charge on any atom is -0.372 e. The maximum atomic E-state index is 12.4. The molecule has 0 unspecified atom stereocenters. The Morgan fingerprint density at radius 3 is 2.41 bits per heavy atom. The minimum atomic E-state index is -0.0292. The van der Waals surface area contributed by atoms with E-state index in [0.717, 1.165) is 37.3 Å². The summed E-state index contributed by atoms with van der Waals surface area (Å²) in [5.74, 6) is -0.0292. The quantitative estimate of drug-likeness (QED) is 0.821. The first-order valence-electron chi connectivity index (χ1n) is 10.2. The lowest BCUT2D eigenvalue weighted by atomic mass is 10.1. The van der Waals surface area contributed by atoms with Crippen LogP contribution in [-0.2, 0) is 0 Å². The van der Waals surface area contributed by atoms with E-state index in [9.17, 15) is 4.79 Å². The second-order valence-corrected chi connectivity index (χ2v) is 7.64. The Kier molecular flexibility index (Phi) is 5.56. The maximum absolute atomic E-state index is 12.4. The molecule has 5 heteroatoms. The molecule has 27 heavy (non-hydrogen) atoms. The standard InChI is InChI=1S/C22H28N4O/c27-22(25-18-6-2-3-7-18)17-14-20(16-23-15-17)24-19-8-10-21(11-9-19)26-12-4-1-5-13-26/h8-11,14-16,18,24H,1-7,12-13H2,(H,25,27). The number of nitrogens with one attached hydrogen (secondary N) is 2. The van der Waals surface area contributed by atoms with E-state index in [-0.39, 0.29) is 5.91 Å². The fraction of sp³-hybridized carbons (Fsp3) is 0.455. The topological polar surface area (TPSA) is 57.3 Å². The Morgan fingerprint density at radius 2 is 1.67 bits per heavy atom. The number of anilines is 3. The van der Waals surface area contributed by atoms with Gasteiger partial charge in [0.2, 0.25) is 0 Å². The maximum Gasteiger partial charge on any atom is 0.253 e. The molecule has 1 aromatic carbocycles. The molecule has 1 aliphatic carbocycles. The van der Waals surface area contributed by atoms with Crippen molar-refractivity contribution < 1.29 is 4.79 Å². The van der Waals surface area contributed by atoms with E-state index in [0.29, 0.717) is 11.6 Å². The molecule has 1 aromatic heterocycles. The van der Waals surface area contributed by atoms with E-state index in [2.05, 4.69) is 44.8 Å². The molecule has 0 bridgehead atoms. The third-order valence-electron chi connectivity index (χ3n) is 5.57. The molecule has 5 nitrogen and oxygen atoms in total. The van der Waals surface area contributed by atoms with Crippen LogP contribution in [0.15, 0.2) is 42.7 Å². The minimum absolute atomic E-state index is 0.0292. The second kappa shape index (κ2) is 8.42. The predicted octanol–water partition coefficient (Wildman–Crippen LogP) is 4.49. The summed E-state index contributed by atoms with van der Waals surface area (Å²) < 4.78 is 0. The van der Waals surface area contributed by atoms with E-state index >= 15 is 0 Å². The van der Waals surface area contributed by atoms with Crippen molar-refractivity contribution >= 4 is 23.0 Å². The molecule has 142 valence electrons. The lowest BCUT2D eigenvalue weighted by Crippen LogP contribution is -2.32. The van der Waals surface area contributed by atoms with Gasteiger partial charge in [0.25, 0.3) is 5.91 Å². The van der Waals surface area contributed by atoms with Crippen LogP contribution in [0.4, 0.5) is 17.1 Å². The molecule has 0 atom stereocenters. The smallest absolute Gasteiger partial charge is 0.253 e. The van der Waals surface area contributed by atoms with Crippen LogP contribution < -0.4 is 15.5 Å². The van der Waals surface area contributed by atoms with Crippen molar-refractivity contribution in [2.24, 2.45) is 0 Å². The molecule has 2 aromatic rings. The van der Waals surface area contributed by atoms with Gasteiger partial charge in [-0.2, -0.15) is 0 Å². The van der Waals surface area contributed by atoms with E-state index < -0.39 is 0 Å². The summed E-state index contributed by atoms with van der Waals surface area (Å²) in [6, 6.07) is 10.7. The van der Waals surface area contributed by atoms with Crippen molar-refractivity contribution in [3.05, 3.63) is 48.3 Å². The van der Waals surface area contributed by atoms with Crippen molar-refractivity contribution in [2.45, 2.75) is 51.0 Å². The van der Waals surface area contributed by atoms with Crippen LogP contribution in [0.5, 0.6) is 0 Å². The number of piperidine rings is 1. The number of hydrogen-bond acceptors (Lipinski definition) is 4. The van der Waals surface area contributed by atoms with Gasteiger partial charge in [0.05, 0.1) is 17.4 Å². The lowest BCUT2D eigenvalue weighted by molar-refractivity contribution is 0.0937. The molecule has 2 fully saturated rings. The summed E-state index contributed by atoms with van der Waals surface area (Å²) in [7, 11) is 0. The highest BCUT2D eigenvalue weighted by atomic mass is 16.1. The first-order chi connectivity index (χ1) is 13.3. The average Bonchev–Trinajstić information content (AvgIpc) is 3.22. The van der Waals surface area contributed by atoms with Crippen LogP contribution in [0.3, 0.4) is 0 Å². The first-order valence-corrected chi connectivity index (χ1v) is 10.2. The monoisotopic (exact) mass is 364 g/mol. The molecule has 2 N–H and O–H groups in total. The molecular formula is C22H28N4O. The average molecular weight is 364 g/mol. The SMILES string of the molecule is O=C(NC1CCCC1)c1cncc(Nc2ccc(N3CCCCC3)cc2)c1. The number of carbonyl (C=O) groups is 1. The molecule has 0 spiro atoms. The highest BCUT2D eigenvalue weighted by molar-refractivity contribution is 5.95. The van der Waals surface area contributed by atoms with Crippen LogP contribution in [0.2, 0.25) is 0 Å². The van der Waals surface area contributed by atoms with Gasteiger partial charge in [-0.1, -0.05) is 12.8 Å². The summed E-state index contributed by atoms with van der Waals surface area (Å²) in [6.45, 7) is 2.30. The number of amides is 1. The first kappa shape index (κ1) is 17.8. The zero-order valence-corrected chi connectivity index (χ0v) is 15.8. The van der Waals surface area contributed by atoms with Gasteiger partial charge in [-0.25, -0.2) is 0 Å². The van der Waals surface area contributed by atoms with E-state index in [4.69, 9.17) is 0 Å². The Labute approximate surface area is 161 Å². The number of carbonyl (C=O) groups excluding carboxylic acids is 1. The molecule has 1 saturated heterocycles. The zero-order chi connectivity index (χ0) is 18.5. The normalized spacial score (nSPS) is 17.7. The number of nitrogens with zero attached hydrogens (tertiary/aromatic N) is 2. The summed E-state index contributed by atoms with van der Waals surface area (Å²) in [4.78, 5) is 19.1. The van der Waals surface area contributed by atoms with Gasteiger partial charge >= 0.3 is 0 Å². The van der Waals surface area contributed by atoms with Crippen molar-refractivity contribution in [1.29, 1.82) is 0 Å². The summed E-state index contributed by atoms with van der Waals surface area (Å²) in [6.07, 6.45) is 11.9. The molecule has 4 rings (SSSR count). The summed E-state index contributed by atoms with van der Waals surface area (Å²) >= 11 is 0. The lowest BCUT2D eigenvalue weighted by Gasteiger charge is -2.28. The molecule has 1 saturated carbocycles. The third-order valence-corrected chi connectivity index (χ3v) is 5.57. The molecule has 1 aliphatic heterocycles. The highest BCUT2D eigenvalue weighted by Crippen LogP contribution is 2.24. The molecule has 2 aliphatic rings. The number of rotatable bonds is 5. The predicted molar refractivity (Wildman–Crippen MR) is 110 cm³/mol. The van der Waals surface area contributed by atoms with Crippen molar-refractivity contribution in [1.82, 2.24) is 10.3 Å². The fourth-order valence-electron chi connectivity index (χ4n) is 4.05. The van der Waals surface area contributed by atoms with E-state index in [1.165, 1.54) is 37.8 Å². The van der Waals surface area contributed by atoms with Crippen molar-refractivity contribution in [3.63, 3.8) is 0 Å². The molecule has 1 amide bonds. The van der Waals surface area contributed by atoms with Gasteiger partial charge in [0, 0.05) is 36.7 Å². The van der Waals surface area contributed by atoms with Crippen molar-refractivity contribution in [3.8, 4) is 0 Å². The molecule has 2 heterocycles. The van der Waals surface area contributed by atoms with Gasteiger partial charge in [-0.05, 0) is 62.4 Å². The van der Waals surface area contributed by atoms with Crippen molar-refractivity contribution in [2.75, 3.05) is 23.3 Å². The molecule has 0 radical (unpaired) electrons. The highest BCUT2D eigenvalue weighted by Gasteiger charge is 2.18. The Balaban J connectivity index is 1.39. The van der Waals surface area contributed by atoms with Crippen LogP contribution in [0, 0.1) is 0 Å². The summed E-state index contributed by atoms with van der Waals surface area (Å²) in [5, 5.41) is 6.48. The van der Waals surface area contributed by atoms with Gasteiger partial charge in [0.1, 0.15) is 0 Å². The Morgan fingerprint density at radius 1 is 0.926 bits per heavy atom. The zero-order valence-electron chi connectivity index (χ0n) is 15.8. The molecular weight excluding hydrogens is 336 g/mol.